The average Bonchev–Trinajstić information content (AvgIpc) is 2.38. The second kappa shape index (κ2) is 8.21. The van der Waals surface area contributed by atoms with Crippen LogP contribution in [0.5, 0.6) is 0 Å². The maximum absolute atomic E-state index is 12.9. The van der Waals surface area contributed by atoms with Gasteiger partial charge in [0.05, 0.1) is 12.2 Å². The molecule has 0 saturated heterocycles. The smallest absolute Gasteiger partial charge is 0.383 e. The van der Waals surface area contributed by atoms with Gasteiger partial charge >= 0.3 is 6.18 Å². The van der Waals surface area contributed by atoms with E-state index in [0.29, 0.717) is 25.5 Å². The Kier molecular flexibility index (Phi) is 6.95. The third-order valence-corrected chi connectivity index (χ3v) is 2.91. The Balaban J connectivity index is 2.44. The van der Waals surface area contributed by atoms with Gasteiger partial charge in [-0.1, -0.05) is 6.07 Å². The zero-order chi connectivity index (χ0) is 15.0. The quantitative estimate of drug-likeness (QED) is 0.586. The van der Waals surface area contributed by atoms with Gasteiger partial charge in [-0.3, -0.25) is 0 Å². The van der Waals surface area contributed by atoms with Gasteiger partial charge in [-0.15, -0.1) is 0 Å². The first-order chi connectivity index (χ1) is 9.45. The normalized spacial score (nSPS) is 11.8. The van der Waals surface area contributed by atoms with E-state index in [1.54, 1.807) is 7.11 Å². The molecule has 0 atom stereocenters. The molecule has 0 aromatic heterocycles. The predicted molar refractivity (Wildman–Crippen MR) is 69.1 cm³/mol. The minimum Gasteiger partial charge on any atom is -0.383 e. The zero-order valence-electron chi connectivity index (χ0n) is 11.4. The number of hydrogen-bond acceptors (Lipinski definition) is 2. The van der Waals surface area contributed by atoms with Crippen LogP contribution < -0.4 is 5.32 Å². The van der Waals surface area contributed by atoms with Gasteiger partial charge in [-0.05, 0) is 43.5 Å². The van der Waals surface area contributed by atoms with Crippen molar-refractivity contribution in [1.82, 2.24) is 5.32 Å². The number of benzene rings is 1. The molecule has 0 radical (unpaired) electrons. The summed E-state index contributed by atoms with van der Waals surface area (Å²) in [6.45, 7) is 2.06. The zero-order valence-corrected chi connectivity index (χ0v) is 11.4. The summed E-state index contributed by atoms with van der Waals surface area (Å²) in [5.41, 5.74) is -0.722. The molecular weight excluding hydrogens is 274 g/mol. The summed E-state index contributed by atoms with van der Waals surface area (Å²) in [6.07, 6.45) is -2.83. The summed E-state index contributed by atoms with van der Waals surface area (Å²) >= 11 is 0. The lowest BCUT2D eigenvalue weighted by atomic mass is 10.0. The Morgan fingerprint density at radius 1 is 1.15 bits per heavy atom. The van der Waals surface area contributed by atoms with Gasteiger partial charge in [0.25, 0.3) is 0 Å². The van der Waals surface area contributed by atoms with Gasteiger partial charge in [-0.25, -0.2) is 4.39 Å². The number of aryl methyl sites for hydroxylation is 1. The average molecular weight is 293 g/mol. The number of rotatable bonds is 8. The highest BCUT2D eigenvalue weighted by atomic mass is 19.4. The van der Waals surface area contributed by atoms with Crippen LogP contribution in [-0.2, 0) is 17.3 Å². The highest BCUT2D eigenvalue weighted by Gasteiger charge is 2.33. The molecule has 0 bridgehead atoms. The molecule has 0 saturated carbocycles. The summed E-state index contributed by atoms with van der Waals surface area (Å²) in [4.78, 5) is 0. The van der Waals surface area contributed by atoms with Crippen molar-refractivity contribution in [1.29, 1.82) is 0 Å². The number of alkyl halides is 3. The molecule has 0 heterocycles. The summed E-state index contributed by atoms with van der Waals surface area (Å²) in [6, 6.07) is 2.85. The van der Waals surface area contributed by atoms with E-state index in [1.807, 2.05) is 0 Å². The van der Waals surface area contributed by atoms with Gasteiger partial charge in [0.2, 0.25) is 0 Å². The molecule has 1 aromatic rings. The highest BCUT2D eigenvalue weighted by molar-refractivity contribution is 5.30. The van der Waals surface area contributed by atoms with Gasteiger partial charge in [0.1, 0.15) is 5.82 Å². The topological polar surface area (TPSA) is 21.3 Å². The molecule has 0 aliphatic rings. The Hall–Kier alpha value is -1.14. The molecule has 2 nitrogen and oxygen atoms in total. The standard InChI is InChI=1S/C14H19F4NO/c1-20-9-8-19-7-3-2-4-11-5-6-12(15)10-13(11)14(16,17)18/h5-6,10,19H,2-4,7-9H2,1H3. The van der Waals surface area contributed by atoms with Crippen LogP contribution in [0, 0.1) is 5.82 Å². The molecule has 0 spiro atoms. The van der Waals surface area contributed by atoms with Gasteiger partial charge in [0, 0.05) is 13.7 Å². The van der Waals surface area contributed by atoms with Gasteiger partial charge < -0.3 is 10.1 Å². The van der Waals surface area contributed by atoms with E-state index in [-0.39, 0.29) is 5.56 Å². The fourth-order valence-corrected chi connectivity index (χ4v) is 1.90. The SMILES string of the molecule is COCCNCCCCc1ccc(F)cc1C(F)(F)F. The van der Waals surface area contributed by atoms with E-state index in [1.165, 1.54) is 6.07 Å². The van der Waals surface area contributed by atoms with Crippen molar-refractivity contribution < 1.29 is 22.3 Å². The predicted octanol–water partition coefficient (Wildman–Crippen LogP) is 3.40. The summed E-state index contributed by atoms with van der Waals surface area (Å²) in [5, 5.41) is 3.12. The molecule has 114 valence electrons. The first-order valence-corrected chi connectivity index (χ1v) is 6.50. The fraction of sp³-hybridized carbons (Fsp3) is 0.571. The molecule has 0 unspecified atom stereocenters. The van der Waals surface area contributed by atoms with Crippen molar-refractivity contribution in [2.45, 2.75) is 25.4 Å². The van der Waals surface area contributed by atoms with E-state index in [9.17, 15) is 17.6 Å². The molecule has 0 aliphatic heterocycles. The molecule has 0 aliphatic carbocycles. The summed E-state index contributed by atoms with van der Waals surface area (Å²) in [5.74, 6) is -0.859. The molecule has 20 heavy (non-hydrogen) atoms. The molecule has 0 fully saturated rings. The lowest BCUT2D eigenvalue weighted by Gasteiger charge is -2.13. The van der Waals surface area contributed by atoms with Crippen LogP contribution in [0.3, 0.4) is 0 Å². The van der Waals surface area contributed by atoms with E-state index >= 15 is 0 Å². The first kappa shape index (κ1) is 16.9. The number of ether oxygens (including phenoxy) is 1. The maximum Gasteiger partial charge on any atom is 0.416 e. The van der Waals surface area contributed by atoms with Crippen molar-refractivity contribution >= 4 is 0 Å². The van der Waals surface area contributed by atoms with E-state index < -0.39 is 17.6 Å². The van der Waals surface area contributed by atoms with E-state index in [0.717, 1.165) is 25.6 Å². The Morgan fingerprint density at radius 3 is 2.55 bits per heavy atom. The Labute approximate surface area is 116 Å². The maximum atomic E-state index is 12.9. The van der Waals surface area contributed by atoms with Crippen LogP contribution in [0.15, 0.2) is 18.2 Å². The number of hydrogen-bond donors (Lipinski definition) is 1. The molecule has 0 amide bonds. The number of unbranched alkanes of at least 4 members (excludes halogenated alkanes) is 1. The summed E-state index contributed by atoms with van der Waals surface area (Å²) < 4.78 is 56.0. The van der Waals surface area contributed by atoms with E-state index in [4.69, 9.17) is 4.74 Å². The first-order valence-electron chi connectivity index (χ1n) is 6.50. The lowest BCUT2D eigenvalue weighted by Crippen LogP contribution is -2.20. The molecular formula is C14H19F4NO. The van der Waals surface area contributed by atoms with Crippen molar-refractivity contribution in [3.8, 4) is 0 Å². The van der Waals surface area contributed by atoms with Crippen LogP contribution in [0.4, 0.5) is 17.6 Å². The van der Waals surface area contributed by atoms with Crippen molar-refractivity contribution in [2.24, 2.45) is 0 Å². The van der Waals surface area contributed by atoms with Crippen molar-refractivity contribution in [3.63, 3.8) is 0 Å². The number of nitrogens with one attached hydrogen (secondary N) is 1. The highest BCUT2D eigenvalue weighted by Crippen LogP contribution is 2.33. The van der Waals surface area contributed by atoms with Gasteiger partial charge in [-0.2, -0.15) is 13.2 Å². The Morgan fingerprint density at radius 2 is 1.90 bits per heavy atom. The minimum absolute atomic E-state index is 0.149. The fourth-order valence-electron chi connectivity index (χ4n) is 1.90. The third-order valence-electron chi connectivity index (χ3n) is 2.91. The van der Waals surface area contributed by atoms with E-state index in [2.05, 4.69) is 5.32 Å². The van der Waals surface area contributed by atoms with Crippen LogP contribution in [0.25, 0.3) is 0 Å². The molecule has 1 aromatic carbocycles. The number of halogens is 4. The third kappa shape index (κ3) is 5.88. The van der Waals surface area contributed by atoms with Crippen LogP contribution >= 0.6 is 0 Å². The lowest BCUT2D eigenvalue weighted by molar-refractivity contribution is -0.138. The number of methoxy groups -OCH3 is 1. The van der Waals surface area contributed by atoms with Gasteiger partial charge in [0.15, 0.2) is 0 Å². The molecule has 1 rings (SSSR count). The largest absolute Gasteiger partial charge is 0.416 e. The van der Waals surface area contributed by atoms with Crippen LogP contribution in [0.2, 0.25) is 0 Å². The van der Waals surface area contributed by atoms with Crippen molar-refractivity contribution in [3.05, 3.63) is 35.1 Å². The minimum atomic E-state index is -4.51. The molecule has 1 N–H and O–H groups in total. The second-order valence-electron chi connectivity index (χ2n) is 4.50. The Bertz CT molecular complexity index is 407. The molecule has 6 heteroatoms. The van der Waals surface area contributed by atoms with Crippen LogP contribution in [-0.4, -0.2) is 26.8 Å². The second-order valence-corrected chi connectivity index (χ2v) is 4.50. The van der Waals surface area contributed by atoms with Crippen molar-refractivity contribution in [2.75, 3.05) is 26.8 Å². The summed E-state index contributed by atoms with van der Waals surface area (Å²) in [7, 11) is 1.61. The monoisotopic (exact) mass is 293 g/mol. The van der Waals surface area contributed by atoms with Crippen LogP contribution in [0.1, 0.15) is 24.0 Å².